The van der Waals surface area contributed by atoms with Crippen molar-refractivity contribution in [3.63, 3.8) is 0 Å². The van der Waals surface area contributed by atoms with Gasteiger partial charge in [0.05, 0.1) is 6.21 Å². The second-order valence-corrected chi connectivity index (χ2v) is 5.87. The van der Waals surface area contributed by atoms with Crippen LogP contribution in [0.2, 0.25) is 0 Å². The molecule has 0 saturated heterocycles. The van der Waals surface area contributed by atoms with E-state index in [1.54, 1.807) is 6.07 Å². The lowest BCUT2D eigenvalue weighted by molar-refractivity contribution is 0.0955. The van der Waals surface area contributed by atoms with Crippen molar-refractivity contribution in [3.8, 4) is 17.1 Å². The molecule has 0 bridgehead atoms. The van der Waals surface area contributed by atoms with Crippen molar-refractivity contribution in [2.45, 2.75) is 0 Å². The lowest BCUT2D eigenvalue weighted by Crippen LogP contribution is -2.17. The minimum Gasteiger partial charge on any atom is -0.508 e. The molecule has 1 aromatic heterocycles. The molecule has 0 aliphatic rings. The van der Waals surface area contributed by atoms with E-state index in [9.17, 15) is 9.90 Å². The molecule has 3 rings (SSSR count). The fourth-order valence-electron chi connectivity index (χ4n) is 2.02. The van der Waals surface area contributed by atoms with Gasteiger partial charge in [0.15, 0.2) is 0 Å². The summed E-state index contributed by atoms with van der Waals surface area (Å²) in [6.45, 7) is 0. The third-order valence-corrected chi connectivity index (χ3v) is 3.77. The lowest BCUT2D eigenvalue weighted by Gasteiger charge is -1.99. The van der Waals surface area contributed by atoms with Crippen molar-refractivity contribution in [2.75, 3.05) is 0 Å². The number of benzene rings is 2. The van der Waals surface area contributed by atoms with Crippen molar-refractivity contribution in [3.05, 3.63) is 76.5 Å². The number of halogens is 1. The fourth-order valence-corrected chi connectivity index (χ4v) is 2.29. The number of amides is 1. The van der Waals surface area contributed by atoms with Crippen LogP contribution >= 0.6 is 15.9 Å². The second kappa shape index (κ2) is 7.14. The van der Waals surface area contributed by atoms with E-state index in [4.69, 9.17) is 4.42 Å². The minimum absolute atomic E-state index is 0.103. The van der Waals surface area contributed by atoms with E-state index in [1.807, 2.05) is 30.3 Å². The maximum atomic E-state index is 11.9. The number of furan rings is 1. The molecule has 2 aromatic carbocycles. The number of carbonyl (C=O) groups is 1. The molecule has 24 heavy (non-hydrogen) atoms. The predicted octanol–water partition coefficient (Wildman–Crippen LogP) is 4.18. The molecule has 0 radical (unpaired) electrons. The molecule has 0 fully saturated rings. The van der Waals surface area contributed by atoms with Crippen LogP contribution in [0.25, 0.3) is 11.3 Å². The van der Waals surface area contributed by atoms with Crippen molar-refractivity contribution in [1.82, 2.24) is 5.43 Å². The highest BCUT2D eigenvalue weighted by molar-refractivity contribution is 9.10. The average Bonchev–Trinajstić information content (AvgIpc) is 3.05. The number of hydrogen-bond acceptors (Lipinski definition) is 4. The predicted molar refractivity (Wildman–Crippen MR) is 95.0 cm³/mol. The molecule has 0 atom stereocenters. The summed E-state index contributed by atoms with van der Waals surface area (Å²) in [6, 6.07) is 17.3. The maximum absolute atomic E-state index is 11.9. The summed E-state index contributed by atoms with van der Waals surface area (Å²) in [5.41, 5.74) is 3.76. The quantitative estimate of drug-likeness (QED) is 0.523. The Kier molecular flexibility index (Phi) is 4.77. The van der Waals surface area contributed by atoms with Gasteiger partial charge in [-0.25, -0.2) is 5.43 Å². The molecule has 0 aliphatic heterocycles. The largest absolute Gasteiger partial charge is 0.508 e. The van der Waals surface area contributed by atoms with E-state index < -0.39 is 0 Å². The highest BCUT2D eigenvalue weighted by Crippen LogP contribution is 2.23. The Hall–Kier alpha value is -2.86. The van der Waals surface area contributed by atoms with Gasteiger partial charge >= 0.3 is 0 Å². The number of nitrogens with one attached hydrogen (secondary N) is 1. The number of aromatic hydroxyl groups is 1. The molecule has 120 valence electrons. The van der Waals surface area contributed by atoms with Crippen molar-refractivity contribution in [2.24, 2.45) is 5.10 Å². The number of nitrogens with zero attached hydrogens (tertiary/aromatic N) is 1. The van der Waals surface area contributed by atoms with Gasteiger partial charge in [-0.05, 0) is 48.5 Å². The third kappa shape index (κ3) is 3.91. The Morgan fingerprint density at radius 2 is 1.75 bits per heavy atom. The minimum atomic E-state index is -0.370. The lowest BCUT2D eigenvalue weighted by atomic mass is 10.2. The van der Waals surface area contributed by atoms with E-state index in [1.165, 1.54) is 30.5 Å². The van der Waals surface area contributed by atoms with Gasteiger partial charge in [-0.3, -0.25) is 4.79 Å². The zero-order chi connectivity index (χ0) is 16.9. The Morgan fingerprint density at radius 3 is 2.46 bits per heavy atom. The summed E-state index contributed by atoms with van der Waals surface area (Å²) in [7, 11) is 0. The number of hydrogen-bond donors (Lipinski definition) is 2. The maximum Gasteiger partial charge on any atom is 0.271 e. The molecule has 1 amide bonds. The van der Waals surface area contributed by atoms with Crippen LogP contribution in [0.4, 0.5) is 0 Å². The number of hydrazone groups is 1. The van der Waals surface area contributed by atoms with Crippen LogP contribution in [-0.2, 0) is 0 Å². The molecular weight excluding hydrogens is 372 g/mol. The van der Waals surface area contributed by atoms with Crippen molar-refractivity contribution >= 4 is 28.1 Å². The molecule has 0 saturated carbocycles. The summed E-state index contributed by atoms with van der Waals surface area (Å²) >= 11 is 3.39. The van der Waals surface area contributed by atoms with E-state index in [-0.39, 0.29) is 11.7 Å². The van der Waals surface area contributed by atoms with E-state index in [2.05, 4.69) is 26.5 Å². The zero-order valence-corrected chi connectivity index (χ0v) is 14.0. The molecule has 0 unspecified atom stereocenters. The first kappa shape index (κ1) is 16.0. The van der Waals surface area contributed by atoms with E-state index in [0.717, 1.165) is 10.0 Å². The summed E-state index contributed by atoms with van der Waals surface area (Å²) in [5.74, 6) is 0.977. The number of rotatable bonds is 4. The highest BCUT2D eigenvalue weighted by atomic mass is 79.9. The third-order valence-electron chi connectivity index (χ3n) is 3.24. The topological polar surface area (TPSA) is 74.8 Å². The molecule has 0 spiro atoms. The van der Waals surface area contributed by atoms with Gasteiger partial charge in [0.1, 0.15) is 17.3 Å². The number of phenolic OH excluding ortho intramolecular Hbond substituents is 1. The Bertz CT molecular complexity index is 868. The molecule has 6 heteroatoms. The Morgan fingerprint density at radius 1 is 1.04 bits per heavy atom. The molecular formula is C18H13BrN2O3. The van der Waals surface area contributed by atoms with Crippen LogP contribution in [-0.4, -0.2) is 17.2 Å². The van der Waals surface area contributed by atoms with Gasteiger partial charge in [0.25, 0.3) is 5.91 Å². The van der Waals surface area contributed by atoms with E-state index in [0.29, 0.717) is 17.1 Å². The van der Waals surface area contributed by atoms with E-state index >= 15 is 0 Å². The summed E-state index contributed by atoms with van der Waals surface area (Å²) in [5, 5.41) is 13.1. The molecule has 5 nitrogen and oxygen atoms in total. The fraction of sp³-hybridized carbons (Fsp3) is 0. The summed E-state index contributed by atoms with van der Waals surface area (Å²) in [6.07, 6.45) is 1.43. The van der Waals surface area contributed by atoms with Gasteiger partial charge in [-0.15, -0.1) is 0 Å². The zero-order valence-electron chi connectivity index (χ0n) is 12.4. The van der Waals surface area contributed by atoms with Gasteiger partial charge in [0, 0.05) is 15.6 Å². The monoisotopic (exact) mass is 384 g/mol. The van der Waals surface area contributed by atoms with Crippen molar-refractivity contribution < 1.29 is 14.3 Å². The van der Waals surface area contributed by atoms with Gasteiger partial charge in [-0.2, -0.15) is 5.10 Å². The Labute approximate surface area is 146 Å². The van der Waals surface area contributed by atoms with Crippen LogP contribution in [0.15, 0.2) is 74.7 Å². The van der Waals surface area contributed by atoms with Gasteiger partial charge in [-0.1, -0.05) is 28.1 Å². The second-order valence-electron chi connectivity index (χ2n) is 4.95. The highest BCUT2D eigenvalue weighted by Gasteiger charge is 2.05. The van der Waals surface area contributed by atoms with Crippen molar-refractivity contribution in [1.29, 1.82) is 0 Å². The normalized spacial score (nSPS) is 10.9. The van der Waals surface area contributed by atoms with Crippen LogP contribution in [0.3, 0.4) is 0 Å². The smallest absolute Gasteiger partial charge is 0.271 e. The Balaban J connectivity index is 1.64. The molecule has 2 N–H and O–H groups in total. The average molecular weight is 385 g/mol. The standard InChI is InChI=1S/C18H13BrN2O3/c19-14-5-1-12(2-6-14)17-10-9-16(24-17)11-20-21-18(23)13-3-7-15(22)8-4-13/h1-11,22H,(H,21,23)/b20-11+. The van der Waals surface area contributed by atoms with Crippen LogP contribution in [0, 0.1) is 0 Å². The SMILES string of the molecule is O=C(N/N=C/c1ccc(-c2ccc(Br)cc2)o1)c1ccc(O)cc1. The summed E-state index contributed by atoms with van der Waals surface area (Å²) < 4.78 is 6.66. The molecule has 0 aliphatic carbocycles. The molecule has 3 aromatic rings. The van der Waals surface area contributed by atoms with Gasteiger partial charge < -0.3 is 9.52 Å². The van der Waals surface area contributed by atoms with Crippen LogP contribution < -0.4 is 5.43 Å². The number of phenols is 1. The summed E-state index contributed by atoms with van der Waals surface area (Å²) in [4.78, 5) is 11.9. The molecule has 1 heterocycles. The van der Waals surface area contributed by atoms with Crippen LogP contribution in [0.1, 0.15) is 16.1 Å². The van der Waals surface area contributed by atoms with Gasteiger partial charge in [0.2, 0.25) is 0 Å². The van der Waals surface area contributed by atoms with Crippen LogP contribution in [0.5, 0.6) is 5.75 Å². The first-order valence-electron chi connectivity index (χ1n) is 7.10. The first-order chi connectivity index (χ1) is 11.6. The first-order valence-corrected chi connectivity index (χ1v) is 7.89. The number of carbonyl (C=O) groups excluding carboxylic acids is 1.